The second kappa shape index (κ2) is 8.73. The van der Waals surface area contributed by atoms with Crippen LogP contribution < -0.4 is 14.8 Å². The van der Waals surface area contributed by atoms with Crippen LogP contribution >= 0.6 is 11.6 Å². The predicted molar refractivity (Wildman–Crippen MR) is 99.2 cm³/mol. The van der Waals surface area contributed by atoms with Crippen molar-refractivity contribution in [3.05, 3.63) is 52.3 Å². The number of halogens is 2. The maximum Gasteiger partial charge on any atom is 0.339 e. The van der Waals surface area contributed by atoms with E-state index in [4.69, 9.17) is 25.8 Å². The van der Waals surface area contributed by atoms with Gasteiger partial charge in [0.05, 0.1) is 30.5 Å². The lowest BCUT2D eigenvalue weighted by molar-refractivity contribution is -0.123. The molecule has 0 aliphatic carbocycles. The van der Waals surface area contributed by atoms with Crippen molar-refractivity contribution in [2.24, 2.45) is 0 Å². The Kier molecular flexibility index (Phi) is 6.63. The molecule has 0 radical (unpaired) electrons. The second-order valence-electron chi connectivity index (χ2n) is 5.67. The van der Waals surface area contributed by atoms with Gasteiger partial charge in [0.25, 0.3) is 5.91 Å². The van der Waals surface area contributed by atoms with Crippen LogP contribution in [0, 0.1) is 12.7 Å². The summed E-state index contributed by atoms with van der Waals surface area (Å²) in [6, 6.07) is 6.55. The summed E-state index contributed by atoms with van der Waals surface area (Å²) in [4.78, 5) is 24.6. The Hall–Kier alpha value is -2.80. The molecule has 1 N–H and O–H groups in total. The molecular formula is C19H19ClFNO5. The fourth-order valence-electron chi connectivity index (χ4n) is 2.31. The number of carbonyl (C=O) groups is 2. The number of hydrogen-bond acceptors (Lipinski definition) is 5. The van der Waals surface area contributed by atoms with Gasteiger partial charge in [-0.15, -0.1) is 0 Å². The Labute approximate surface area is 161 Å². The van der Waals surface area contributed by atoms with E-state index in [2.05, 4.69) is 5.32 Å². The number of carbonyl (C=O) groups excluding carboxylic acids is 2. The van der Waals surface area contributed by atoms with Crippen LogP contribution in [0.15, 0.2) is 30.3 Å². The Morgan fingerprint density at radius 2 is 1.70 bits per heavy atom. The van der Waals surface area contributed by atoms with Crippen LogP contribution in [0.25, 0.3) is 0 Å². The molecule has 0 saturated carbocycles. The summed E-state index contributed by atoms with van der Waals surface area (Å²) in [5, 5.41) is 2.52. The highest BCUT2D eigenvalue weighted by molar-refractivity contribution is 6.33. The molecular weight excluding hydrogens is 377 g/mol. The lowest BCUT2D eigenvalue weighted by Crippen LogP contribution is -2.30. The van der Waals surface area contributed by atoms with Crippen LogP contribution in [0.3, 0.4) is 0 Å². The van der Waals surface area contributed by atoms with E-state index in [9.17, 15) is 14.0 Å². The second-order valence-corrected chi connectivity index (χ2v) is 6.07. The number of ether oxygens (including phenoxy) is 3. The zero-order valence-corrected chi connectivity index (χ0v) is 16.0. The molecule has 2 aromatic rings. The summed E-state index contributed by atoms with van der Waals surface area (Å²) in [5.74, 6) is -0.949. The third-order valence-electron chi connectivity index (χ3n) is 3.83. The van der Waals surface area contributed by atoms with Crippen LogP contribution in [0.2, 0.25) is 5.02 Å². The monoisotopic (exact) mass is 395 g/mol. The molecule has 2 rings (SSSR count). The molecule has 8 heteroatoms. The van der Waals surface area contributed by atoms with Gasteiger partial charge >= 0.3 is 5.97 Å². The number of rotatable bonds is 6. The van der Waals surface area contributed by atoms with Gasteiger partial charge in [-0.2, -0.15) is 0 Å². The number of esters is 1. The number of nitrogens with one attached hydrogen (secondary N) is 1. The average molecular weight is 396 g/mol. The normalized spacial score (nSPS) is 11.5. The van der Waals surface area contributed by atoms with E-state index in [0.29, 0.717) is 11.5 Å². The van der Waals surface area contributed by atoms with Crippen molar-refractivity contribution >= 4 is 29.2 Å². The Morgan fingerprint density at radius 3 is 2.22 bits per heavy atom. The largest absolute Gasteiger partial charge is 0.496 e. The van der Waals surface area contributed by atoms with Crippen molar-refractivity contribution in [3.8, 4) is 11.5 Å². The average Bonchev–Trinajstić information content (AvgIpc) is 2.63. The molecule has 0 bridgehead atoms. The van der Waals surface area contributed by atoms with E-state index >= 15 is 0 Å². The molecule has 0 aromatic heterocycles. The van der Waals surface area contributed by atoms with Crippen molar-refractivity contribution in [1.29, 1.82) is 0 Å². The molecule has 0 fully saturated rings. The Morgan fingerprint density at radius 1 is 1.11 bits per heavy atom. The molecule has 0 aliphatic rings. The van der Waals surface area contributed by atoms with Crippen LogP contribution in [0.4, 0.5) is 10.1 Å². The minimum absolute atomic E-state index is 0.0369. The topological polar surface area (TPSA) is 73.9 Å². The number of anilines is 1. The van der Waals surface area contributed by atoms with Crippen LogP contribution in [-0.2, 0) is 9.53 Å². The van der Waals surface area contributed by atoms with E-state index in [0.717, 1.165) is 17.7 Å². The standard InChI is InChI=1S/C19H19ClFNO5/c1-10-16(25-3)7-12(8-17(10)26-4)19(24)27-11(2)18(23)22-15-6-5-13(21)9-14(15)20/h5-9,11H,1-4H3,(H,22,23). The molecule has 2 aromatic carbocycles. The highest BCUT2D eigenvalue weighted by Crippen LogP contribution is 2.30. The molecule has 0 heterocycles. The first-order valence-electron chi connectivity index (χ1n) is 7.96. The maximum absolute atomic E-state index is 13.1. The number of amides is 1. The van der Waals surface area contributed by atoms with Crippen LogP contribution in [0.1, 0.15) is 22.8 Å². The molecule has 1 atom stereocenters. The van der Waals surface area contributed by atoms with Crippen molar-refractivity contribution in [2.75, 3.05) is 19.5 Å². The summed E-state index contributed by atoms with van der Waals surface area (Å²) in [6.07, 6.45) is -1.11. The molecule has 1 unspecified atom stereocenters. The molecule has 27 heavy (non-hydrogen) atoms. The fourth-order valence-corrected chi connectivity index (χ4v) is 2.53. The number of hydrogen-bond donors (Lipinski definition) is 1. The molecule has 6 nitrogen and oxygen atoms in total. The minimum atomic E-state index is -1.11. The van der Waals surface area contributed by atoms with Gasteiger partial charge in [-0.25, -0.2) is 9.18 Å². The molecule has 0 saturated heterocycles. The van der Waals surface area contributed by atoms with Crippen molar-refractivity contribution in [1.82, 2.24) is 0 Å². The Bertz CT molecular complexity index is 846. The van der Waals surface area contributed by atoms with E-state index in [1.165, 1.54) is 39.3 Å². The first kappa shape index (κ1) is 20.5. The summed E-state index contributed by atoms with van der Waals surface area (Å²) in [7, 11) is 2.94. The van der Waals surface area contributed by atoms with E-state index in [-0.39, 0.29) is 16.3 Å². The quantitative estimate of drug-likeness (QED) is 0.748. The summed E-state index contributed by atoms with van der Waals surface area (Å²) < 4.78 is 28.7. The first-order chi connectivity index (χ1) is 12.8. The predicted octanol–water partition coefficient (Wildman–Crippen LogP) is 3.99. The lowest BCUT2D eigenvalue weighted by atomic mass is 10.1. The molecule has 1 amide bonds. The number of benzene rings is 2. The van der Waals surface area contributed by atoms with Gasteiger partial charge in [0.15, 0.2) is 6.10 Å². The highest BCUT2D eigenvalue weighted by atomic mass is 35.5. The summed E-state index contributed by atoms with van der Waals surface area (Å²) in [6.45, 7) is 3.20. The van der Waals surface area contributed by atoms with Gasteiger partial charge in [-0.05, 0) is 44.2 Å². The van der Waals surface area contributed by atoms with Gasteiger partial charge in [0.2, 0.25) is 0 Å². The molecule has 0 aliphatic heterocycles. The molecule has 0 spiro atoms. The number of methoxy groups -OCH3 is 2. The van der Waals surface area contributed by atoms with Crippen molar-refractivity contribution < 1.29 is 28.2 Å². The van der Waals surface area contributed by atoms with Crippen molar-refractivity contribution in [2.45, 2.75) is 20.0 Å². The Balaban J connectivity index is 2.11. The fraction of sp³-hybridized carbons (Fsp3) is 0.263. The summed E-state index contributed by atoms with van der Waals surface area (Å²) in [5.41, 5.74) is 1.12. The minimum Gasteiger partial charge on any atom is -0.496 e. The van der Waals surface area contributed by atoms with E-state index in [1.807, 2.05) is 0 Å². The smallest absolute Gasteiger partial charge is 0.339 e. The van der Waals surface area contributed by atoms with E-state index in [1.54, 1.807) is 6.92 Å². The highest BCUT2D eigenvalue weighted by Gasteiger charge is 2.22. The van der Waals surface area contributed by atoms with Gasteiger partial charge in [-0.1, -0.05) is 11.6 Å². The van der Waals surface area contributed by atoms with Gasteiger partial charge in [0.1, 0.15) is 17.3 Å². The first-order valence-corrected chi connectivity index (χ1v) is 8.34. The van der Waals surface area contributed by atoms with Crippen molar-refractivity contribution in [3.63, 3.8) is 0 Å². The zero-order chi connectivity index (χ0) is 20.1. The van der Waals surface area contributed by atoms with Crippen LogP contribution in [-0.4, -0.2) is 32.2 Å². The third kappa shape index (κ3) is 4.89. The maximum atomic E-state index is 13.1. The van der Waals surface area contributed by atoms with Gasteiger partial charge in [0, 0.05) is 5.56 Å². The van der Waals surface area contributed by atoms with Crippen LogP contribution in [0.5, 0.6) is 11.5 Å². The SMILES string of the molecule is COc1cc(C(=O)OC(C)C(=O)Nc2ccc(F)cc2Cl)cc(OC)c1C. The van der Waals surface area contributed by atoms with E-state index < -0.39 is 23.8 Å². The van der Waals surface area contributed by atoms with Gasteiger partial charge < -0.3 is 19.5 Å². The van der Waals surface area contributed by atoms with Gasteiger partial charge in [-0.3, -0.25) is 4.79 Å². The zero-order valence-electron chi connectivity index (χ0n) is 15.3. The lowest BCUT2D eigenvalue weighted by Gasteiger charge is -2.16. The third-order valence-corrected chi connectivity index (χ3v) is 4.14. The molecule has 144 valence electrons. The summed E-state index contributed by atoms with van der Waals surface area (Å²) >= 11 is 5.87.